The highest BCUT2D eigenvalue weighted by Gasteiger charge is 2.24. The van der Waals surface area contributed by atoms with Crippen molar-refractivity contribution in [3.05, 3.63) is 23.8 Å². The molecule has 1 unspecified atom stereocenters. The SMILES string of the molecule is Oc1ccc2c(c1)OCC2NCCOC1CCCC1. The van der Waals surface area contributed by atoms with E-state index >= 15 is 0 Å². The summed E-state index contributed by atoms with van der Waals surface area (Å²) in [6, 6.07) is 5.51. The molecule has 0 bridgehead atoms. The Hall–Kier alpha value is -1.26. The third kappa shape index (κ3) is 3.01. The van der Waals surface area contributed by atoms with Crippen LogP contribution in [0.1, 0.15) is 37.3 Å². The first kappa shape index (κ1) is 12.8. The summed E-state index contributed by atoms with van der Waals surface area (Å²) >= 11 is 0. The molecule has 1 atom stereocenters. The van der Waals surface area contributed by atoms with Crippen LogP contribution >= 0.6 is 0 Å². The van der Waals surface area contributed by atoms with E-state index in [1.165, 1.54) is 25.7 Å². The lowest BCUT2D eigenvalue weighted by Gasteiger charge is -2.14. The standard InChI is InChI=1S/C15H21NO3/c17-11-5-6-13-14(10-19-15(13)9-11)16-7-8-18-12-3-1-2-4-12/h5-6,9,12,14,16-17H,1-4,7-8,10H2. The summed E-state index contributed by atoms with van der Waals surface area (Å²) in [4.78, 5) is 0. The van der Waals surface area contributed by atoms with E-state index in [-0.39, 0.29) is 11.8 Å². The monoisotopic (exact) mass is 263 g/mol. The molecule has 0 spiro atoms. The van der Waals surface area contributed by atoms with Crippen molar-refractivity contribution in [2.75, 3.05) is 19.8 Å². The fraction of sp³-hybridized carbons (Fsp3) is 0.600. The predicted octanol–water partition coefficient (Wildman–Crippen LogP) is 2.37. The molecule has 0 radical (unpaired) electrons. The van der Waals surface area contributed by atoms with Crippen LogP contribution in [-0.2, 0) is 4.74 Å². The van der Waals surface area contributed by atoms with Gasteiger partial charge in [-0.2, -0.15) is 0 Å². The lowest BCUT2D eigenvalue weighted by atomic mass is 10.1. The summed E-state index contributed by atoms with van der Waals surface area (Å²) < 4.78 is 11.4. The first-order valence-electron chi connectivity index (χ1n) is 7.13. The van der Waals surface area contributed by atoms with Gasteiger partial charge in [0.2, 0.25) is 0 Å². The number of fused-ring (bicyclic) bond motifs is 1. The summed E-state index contributed by atoms with van der Waals surface area (Å²) in [5, 5.41) is 12.8. The minimum atomic E-state index is 0.211. The van der Waals surface area contributed by atoms with Gasteiger partial charge in [-0.3, -0.25) is 0 Å². The smallest absolute Gasteiger partial charge is 0.127 e. The first-order valence-corrected chi connectivity index (χ1v) is 7.13. The van der Waals surface area contributed by atoms with Crippen LogP contribution in [0.25, 0.3) is 0 Å². The molecule has 1 heterocycles. The lowest BCUT2D eigenvalue weighted by molar-refractivity contribution is 0.0587. The first-order chi connectivity index (χ1) is 9.33. The third-order valence-corrected chi connectivity index (χ3v) is 3.93. The van der Waals surface area contributed by atoms with Crippen molar-refractivity contribution in [3.63, 3.8) is 0 Å². The lowest BCUT2D eigenvalue weighted by Crippen LogP contribution is -2.27. The maximum Gasteiger partial charge on any atom is 0.127 e. The number of ether oxygens (including phenoxy) is 2. The van der Waals surface area contributed by atoms with E-state index in [0.29, 0.717) is 12.7 Å². The summed E-state index contributed by atoms with van der Waals surface area (Å²) in [5.41, 5.74) is 1.12. The van der Waals surface area contributed by atoms with Gasteiger partial charge in [0.15, 0.2) is 0 Å². The number of hydrogen-bond donors (Lipinski definition) is 2. The Balaban J connectivity index is 1.44. The molecule has 1 aromatic carbocycles. The Morgan fingerprint density at radius 1 is 1.32 bits per heavy atom. The zero-order chi connectivity index (χ0) is 13.1. The molecule has 19 heavy (non-hydrogen) atoms. The highest BCUT2D eigenvalue weighted by Crippen LogP contribution is 2.34. The van der Waals surface area contributed by atoms with Gasteiger partial charge in [-0.1, -0.05) is 12.8 Å². The second-order valence-corrected chi connectivity index (χ2v) is 5.32. The van der Waals surface area contributed by atoms with Gasteiger partial charge in [-0.15, -0.1) is 0 Å². The fourth-order valence-corrected chi connectivity index (χ4v) is 2.88. The van der Waals surface area contributed by atoms with E-state index < -0.39 is 0 Å². The molecule has 1 fully saturated rings. The van der Waals surface area contributed by atoms with E-state index in [1.807, 2.05) is 6.07 Å². The van der Waals surface area contributed by atoms with Gasteiger partial charge in [0, 0.05) is 18.2 Å². The second kappa shape index (κ2) is 5.80. The van der Waals surface area contributed by atoms with Crippen molar-refractivity contribution >= 4 is 0 Å². The van der Waals surface area contributed by atoms with Gasteiger partial charge < -0.3 is 19.9 Å². The van der Waals surface area contributed by atoms with Gasteiger partial charge in [-0.05, 0) is 25.0 Å². The minimum Gasteiger partial charge on any atom is -0.508 e. The summed E-state index contributed by atoms with van der Waals surface area (Å²) in [5.74, 6) is 1.04. The van der Waals surface area contributed by atoms with Crippen LogP contribution in [0.5, 0.6) is 11.5 Å². The van der Waals surface area contributed by atoms with Crippen LogP contribution in [0.2, 0.25) is 0 Å². The number of hydrogen-bond acceptors (Lipinski definition) is 4. The molecular formula is C15H21NO3. The molecule has 0 aromatic heterocycles. The molecule has 1 aromatic rings. The number of aromatic hydroxyl groups is 1. The van der Waals surface area contributed by atoms with Crippen molar-refractivity contribution in [1.29, 1.82) is 0 Å². The van der Waals surface area contributed by atoms with E-state index in [9.17, 15) is 5.11 Å². The van der Waals surface area contributed by atoms with Crippen LogP contribution < -0.4 is 10.1 Å². The largest absolute Gasteiger partial charge is 0.508 e. The van der Waals surface area contributed by atoms with Crippen molar-refractivity contribution in [2.45, 2.75) is 37.8 Å². The van der Waals surface area contributed by atoms with Crippen molar-refractivity contribution in [3.8, 4) is 11.5 Å². The van der Waals surface area contributed by atoms with Crippen molar-refractivity contribution in [1.82, 2.24) is 5.32 Å². The molecule has 0 amide bonds. The maximum atomic E-state index is 9.40. The zero-order valence-electron chi connectivity index (χ0n) is 11.1. The van der Waals surface area contributed by atoms with Crippen molar-refractivity contribution < 1.29 is 14.6 Å². The zero-order valence-corrected chi connectivity index (χ0v) is 11.1. The van der Waals surface area contributed by atoms with Crippen LogP contribution in [0.15, 0.2) is 18.2 Å². The Kier molecular flexibility index (Phi) is 3.89. The number of phenolic OH excluding ortho intramolecular Hbond substituents is 1. The van der Waals surface area contributed by atoms with E-state index in [4.69, 9.17) is 9.47 Å². The molecule has 4 nitrogen and oxygen atoms in total. The molecule has 2 N–H and O–H groups in total. The molecule has 104 valence electrons. The Morgan fingerprint density at radius 3 is 3.00 bits per heavy atom. The van der Waals surface area contributed by atoms with Gasteiger partial charge in [0.25, 0.3) is 0 Å². The normalized spacial score (nSPS) is 22.4. The highest BCUT2D eigenvalue weighted by molar-refractivity contribution is 5.44. The Labute approximate surface area is 113 Å². The molecule has 1 saturated carbocycles. The molecule has 4 heteroatoms. The minimum absolute atomic E-state index is 0.211. The maximum absolute atomic E-state index is 9.40. The summed E-state index contributed by atoms with van der Waals surface area (Å²) in [6.45, 7) is 2.22. The quantitative estimate of drug-likeness (QED) is 0.801. The third-order valence-electron chi connectivity index (χ3n) is 3.93. The highest BCUT2D eigenvalue weighted by atomic mass is 16.5. The topological polar surface area (TPSA) is 50.7 Å². The fourth-order valence-electron chi connectivity index (χ4n) is 2.88. The van der Waals surface area contributed by atoms with Crippen LogP contribution in [0.3, 0.4) is 0 Å². The van der Waals surface area contributed by atoms with Gasteiger partial charge in [0.05, 0.1) is 18.8 Å². The molecule has 0 saturated heterocycles. The number of phenols is 1. The Morgan fingerprint density at radius 2 is 2.16 bits per heavy atom. The number of benzene rings is 1. The second-order valence-electron chi connectivity index (χ2n) is 5.32. The number of rotatable bonds is 5. The van der Waals surface area contributed by atoms with Crippen LogP contribution in [-0.4, -0.2) is 31.0 Å². The van der Waals surface area contributed by atoms with E-state index in [1.54, 1.807) is 12.1 Å². The Bertz CT molecular complexity index is 429. The number of nitrogens with one attached hydrogen (secondary N) is 1. The summed E-state index contributed by atoms with van der Waals surface area (Å²) in [7, 11) is 0. The van der Waals surface area contributed by atoms with E-state index in [0.717, 1.165) is 24.5 Å². The molecule has 3 rings (SSSR count). The van der Waals surface area contributed by atoms with Crippen LogP contribution in [0.4, 0.5) is 0 Å². The molecule has 2 aliphatic rings. The van der Waals surface area contributed by atoms with Gasteiger partial charge in [-0.25, -0.2) is 0 Å². The molecule has 1 aliphatic heterocycles. The van der Waals surface area contributed by atoms with Crippen molar-refractivity contribution in [2.24, 2.45) is 0 Å². The summed E-state index contributed by atoms with van der Waals surface area (Å²) in [6.07, 6.45) is 5.53. The van der Waals surface area contributed by atoms with Crippen LogP contribution in [0, 0.1) is 0 Å². The molecule has 1 aliphatic carbocycles. The predicted molar refractivity (Wildman–Crippen MR) is 72.6 cm³/mol. The van der Waals surface area contributed by atoms with Gasteiger partial charge in [0.1, 0.15) is 18.1 Å². The van der Waals surface area contributed by atoms with Gasteiger partial charge >= 0.3 is 0 Å². The molecular weight excluding hydrogens is 242 g/mol. The average molecular weight is 263 g/mol. The average Bonchev–Trinajstić information content (AvgIpc) is 3.03. The van der Waals surface area contributed by atoms with E-state index in [2.05, 4.69) is 5.32 Å².